The summed E-state index contributed by atoms with van der Waals surface area (Å²) in [4.78, 5) is 40.5. The molecule has 2 aromatic heterocycles. The number of carbonyl (C=O) groups is 1. The first-order valence-electron chi connectivity index (χ1n) is 5.77. The number of aromatic carboxylic acids is 1. The third-order valence-corrected chi connectivity index (χ3v) is 2.61. The zero-order valence-electron chi connectivity index (χ0n) is 10.5. The molecule has 7 heteroatoms. The van der Waals surface area contributed by atoms with Gasteiger partial charge in [-0.3, -0.25) is 14.3 Å². The second-order valence-corrected chi connectivity index (χ2v) is 4.64. The second-order valence-electron chi connectivity index (χ2n) is 4.64. The van der Waals surface area contributed by atoms with Gasteiger partial charge in [-0.05, 0) is 18.1 Å². The van der Waals surface area contributed by atoms with Crippen molar-refractivity contribution in [2.24, 2.45) is 5.92 Å². The van der Waals surface area contributed by atoms with Crippen LogP contribution in [0.3, 0.4) is 0 Å². The molecule has 0 unspecified atom stereocenters. The summed E-state index contributed by atoms with van der Waals surface area (Å²) < 4.78 is 1.29. The van der Waals surface area contributed by atoms with Gasteiger partial charge in [0, 0.05) is 6.54 Å². The minimum absolute atomic E-state index is 0.0994. The first-order chi connectivity index (χ1) is 8.90. The van der Waals surface area contributed by atoms with E-state index in [1.54, 1.807) is 0 Å². The summed E-state index contributed by atoms with van der Waals surface area (Å²) in [6.07, 6.45) is 0. The summed E-state index contributed by atoms with van der Waals surface area (Å²) >= 11 is 0. The van der Waals surface area contributed by atoms with Crippen LogP contribution in [0.25, 0.3) is 11.0 Å². The van der Waals surface area contributed by atoms with Crippen LogP contribution in [0, 0.1) is 5.92 Å². The SMILES string of the molecule is CC(C)Cn1c(=O)[nH]c(=O)c2ccc(C(=O)O)nc21. The number of aromatic amines is 1. The molecule has 2 rings (SSSR count). The van der Waals surface area contributed by atoms with E-state index in [-0.39, 0.29) is 22.6 Å². The zero-order chi connectivity index (χ0) is 14.2. The standard InChI is InChI=1S/C12H13N3O4/c1-6(2)5-15-9-7(10(16)14-12(15)19)3-4-8(13-9)11(17)18/h3-4,6H,5H2,1-2H3,(H,17,18)(H,14,16,19). The summed E-state index contributed by atoms with van der Waals surface area (Å²) in [6.45, 7) is 4.16. The van der Waals surface area contributed by atoms with Crippen molar-refractivity contribution < 1.29 is 9.90 Å². The van der Waals surface area contributed by atoms with Gasteiger partial charge in [0.2, 0.25) is 0 Å². The Morgan fingerprint density at radius 2 is 2.11 bits per heavy atom. The Morgan fingerprint density at radius 1 is 1.42 bits per heavy atom. The van der Waals surface area contributed by atoms with Gasteiger partial charge in [-0.2, -0.15) is 0 Å². The van der Waals surface area contributed by atoms with E-state index < -0.39 is 17.2 Å². The van der Waals surface area contributed by atoms with Crippen molar-refractivity contribution in [3.63, 3.8) is 0 Å². The average Bonchev–Trinajstić information content (AvgIpc) is 2.33. The molecule has 0 bridgehead atoms. The van der Waals surface area contributed by atoms with Crippen molar-refractivity contribution in [3.05, 3.63) is 38.7 Å². The molecule has 19 heavy (non-hydrogen) atoms. The number of fused-ring (bicyclic) bond motifs is 1. The van der Waals surface area contributed by atoms with Gasteiger partial charge in [0.25, 0.3) is 5.56 Å². The van der Waals surface area contributed by atoms with Gasteiger partial charge in [0.1, 0.15) is 0 Å². The van der Waals surface area contributed by atoms with Gasteiger partial charge in [-0.1, -0.05) is 13.8 Å². The molecule has 0 aliphatic carbocycles. The fraction of sp³-hybridized carbons (Fsp3) is 0.333. The molecule has 0 aliphatic rings. The number of aromatic nitrogens is 3. The van der Waals surface area contributed by atoms with E-state index in [0.29, 0.717) is 6.54 Å². The Hall–Kier alpha value is -2.44. The number of nitrogens with one attached hydrogen (secondary N) is 1. The lowest BCUT2D eigenvalue weighted by Gasteiger charge is -2.11. The topological polar surface area (TPSA) is 105 Å². The van der Waals surface area contributed by atoms with E-state index in [2.05, 4.69) is 9.97 Å². The number of rotatable bonds is 3. The maximum Gasteiger partial charge on any atom is 0.354 e. The summed E-state index contributed by atoms with van der Waals surface area (Å²) in [6, 6.07) is 2.60. The van der Waals surface area contributed by atoms with Crippen LogP contribution < -0.4 is 11.2 Å². The van der Waals surface area contributed by atoms with E-state index in [4.69, 9.17) is 5.11 Å². The van der Waals surface area contributed by atoms with Gasteiger partial charge in [-0.15, -0.1) is 0 Å². The molecule has 2 N–H and O–H groups in total. The molecule has 0 atom stereocenters. The number of carboxylic acid groups (broad SMARTS) is 1. The molecule has 0 amide bonds. The minimum Gasteiger partial charge on any atom is -0.477 e. The van der Waals surface area contributed by atoms with E-state index in [1.807, 2.05) is 13.8 Å². The van der Waals surface area contributed by atoms with Crippen molar-refractivity contribution in [1.29, 1.82) is 0 Å². The minimum atomic E-state index is -1.20. The lowest BCUT2D eigenvalue weighted by molar-refractivity contribution is 0.0691. The Labute approximate surface area is 107 Å². The normalized spacial score (nSPS) is 11.1. The predicted molar refractivity (Wildman–Crippen MR) is 68.4 cm³/mol. The van der Waals surface area contributed by atoms with Gasteiger partial charge in [0.15, 0.2) is 11.3 Å². The van der Waals surface area contributed by atoms with Crippen LogP contribution in [0.15, 0.2) is 21.7 Å². The highest BCUT2D eigenvalue weighted by atomic mass is 16.4. The number of hydrogen-bond acceptors (Lipinski definition) is 4. The average molecular weight is 263 g/mol. The fourth-order valence-corrected chi connectivity index (χ4v) is 1.81. The summed E-state index contributed by atoms with van der Waals surface area (Å²) in [7, 11) is 0. The molecule has 2 heterocycles. The van der Waals surface area contributed by atoms with Crippen LogP contribution in [0.4, 0.5) is 0 Å². The number of nitrogens with zero attached hydrogens (tertiary/aromatic N) is 2. The van der Waals surface area contributed by atoms with Crippen LogP contribution in [0.2, 0.25) is 0 Å². The third kappa shape index (κ3) is 2.40. The van der Waals surface area contributed by atoms with Gasteiger partial charge < -0.3 is 5.11 Å². The summed E-state index contributed by atoms with van der Waals surface area (Å²) in [5, 5.41) is 9.12. The van der Waals surface area contributed by atoms with Crippen molar-refractivity contribution >= 4 is 17.0 Å². The van der Waals surface area contributed by atoms with Crippen LogP contribution in [-0.2, 0) is 6.54 Å². The Kier molecular flexibility index (Phi) is 3.20. The highest BCUT2D eigenvalue weighted by Crippen LogP contribution is 2.08. The van der Waals surface area contributed by atoms with Crippen LogP contribution in [-0.4, -0.2) is 25.6 Å². The first kappa shape index (κ1) is 13.0. The number of carboxylic acids is 1. The largest absolute Gasteiger partial charge is 0.477 e. The third-order valence-electron chi connectivity index (χ3n) is 2.61. The molecule has 0 aliphatic heterocycles. The maximum absolute atomic E-state index is 11.8. The monoisotopic (exact) mass is 263 g/mol. The zero-order valence-corrected chi connectivity index (χ0v) is 10.5. The molecular weight excluding hydrogens is 250 g/mol. The molecule has 0 aromatic carbocycles. The molecule has 0 saturated carbocycles. The molecule has 0 fully saturated rings. The highest BCUT2D eigenvalue weighted by Gasteiger charge is 2.13. The van der Waals surface area contributed by atoms with Crippen LogP contribution in [0.1, 0.15) is 24.3 Å². The van der Waals surface area contributed by atoms with E-state index in [1.165, 1.54) is 16.7 Å². The Bertz CT molecular complexity index is 758. The second kappa shape index (κ2) is 4.68. The van der Waals surface area contributed by atoms with Crippen molar-refractivity contribution in [2.75, 3.05) is 0 Å². The summed E-state index contributed by atoms with van der Waals surface area (Å²) in [5.41, 5.74) is -1.25. The van der Waals surface area contributed by atoms with Crippen LogP contribution >= 0.6 is 0 Å². The number of H-pyrrole nitrogens is 1. The quantitative estimate of drug-likeness (QED) is 0.835. The molecule has 0 saturated heterocycles. The van der Waals surface area contributed by atoms with Gasteiger partial charge in [-0.25, -0.2) is 14.6 Å². The van der Waals surface area contributed by atoms with E-state index in [9.17, 15) is 14.4 Å². The first-order valence-corrected chi connectivity index (χ1v) is 5.77. The molecule has 100 valence electrons. The lowest BCUT2D eigenvalue weighted by Crippen LogP contribution is -2.32. The van der Waals surface area contributed by atoms with Gasteiger partial charge in [0.05, 0.1) is 5.39 Å². The molecular formula is C12H13N3O4. The highest BCUT2D eigenvalue weighted by molar-refractivity contribution is 5.88. The van der Waals surface area contributed by atoms with Crippen LogP contribution in [0.5, 0.6) is 0 Å². The van der Waals surface area contributed by atoms with Crippen molar-refractivity contribution in [1.82, 2.24) is 14.5 Å². The van der Waals surface area contributed by atoms with Gasteiger partial charge >= 0.3 is 11.7 Å². The van der Waals surface area contributed by atoms with E-state index in [0.717, 1.165) is 0 Å². The maximum atomic E-state index is 11.8. The van der Waals surface area contributed by atoms with Crippen molar-refractivity contribution in [3.8, 4) is 0 Å². The number of hydrogen-bond donors (Lipinski definition) is 2. The van der Waals surface area contributed by atoms with Crippen molar-refractivity contribution in [2.45, 2.75) is 20.4 Å². The molecule has 2 aromatic rings. The Morgan fingerprint density at radius 3 is 2.68 bits per heavy atom. The molecule has 7 nitrogen and oxygen atoms in total. The predicted octanol–water partition coefficient (Wildman–Crippen LogP) is 0.439. The number of pyridine rings is 1. The molecule has 0 spiro atoms. The summed E-state index contributed by atoms with van der Waals surface area (Å²) in [5.74, 6) is -1.05. The smallest absolute Gasteiger partial charge is 0.354 e. The van der Waals surface area contributed by atoms with E-state index >= 15 is 0 Å². The Balaban J connectivity index is 2.84. The lowest BCUT2D eigenvalue weighted by atomic mass is 10.2. The fourth-order valence-electron chi connectivity index (χ4n) is 1.81. The molecule has 0 radical (unpaired) electrons.